The van der Waals surface area contributed by atoms with Crippen molar-refractivity contribution in [1.82, 2.24) is 5.32 Å². The van der Waals surface area contributed by atoms with Crippen molar-refractivity contribution in [2.45, 2.75) is 25.5 Å². The molecule has 1 aliphatic heterocycles. The molecule has 0 aliphatic carbocycles. The molecule has 0 spiro atoms. The number of carboxylic acids is 1. The van der Waals surface area contributed by atoms with Crippen LogP contribution < -0.4 is 16.0 Å². The van der Waals surface area contributed by atoms with E-state index in [1.165, 1.54) is 13.1 Å². The number of hydrogen-bond acceptors (Lipinski definition) is 6. The number of likely N-dealkylation sites (N-methyl/N-ethyl adjacent to an activating group) is 1. The normalized spacial score (nSPS) is 16.0. The average Bonchev–Trinajstić information content (AvgIpc) is 2.74. The van der Waals surface area contributed by atoms with Crippen LogP contribution in [0.3, 0.4) is 0 Å². The van der Waals surface area contributed by atoms with Gasteiger partial charge in [-0.2, -0.15) is 0 Å². The van der Waals surface area contributed by atoms with Gasteiger partial charge in [-0.1, -0.05) is 12.1 Å². The molecule has 0 saturated carbocycles. The molecule has 1 fully saturated rings. The third-order valence-electron chi connectivity index (χ3n) is 4.68. The maximum Gasteiger partial charge on any atom is 0.337 e. The zero-order chi connectivity index (χ0) is 20.8. The van der Waals surface area contributed by atoms with E-state index >= 15 is 0 Å². The summed E-state index contributed by atoms with van der Waals surface area (Å²) in [6, 6.07) is 11.7. The van der Waals surface area contributed by atoms with Gasteiger partial charge < -0.3 is 25.8 Å². The molecule has 29 heavy (non-hydrogen) atoms. The van der Waals surface area contributed by atoms with E-state index in [1.807, 2.05) is 0 Å². The molecular formula is C21H24N4O4. The number of carboxylic acid groups (broad SMARTS) is 1. The fourth-order valence-electron chi connectivity index (χ4n) is 3.17. The number of para-hydroxylation sites is 1. The van der Waals surface area contributed by atoms with Crippen LogP contribution in [0.2, 0.25) is 0 Å². The van der Waals surface area contributed by atoms with E-state index in [0.29, 0.717) is 29.2 Å². The molecule has 1 unspecified atom stereocenters. The number of ether oxygens (including phenoxy) is 1. The number of aromatic carboxylic acids is 1. The van der Waals surface area contributed by atoms with Crippen molar-refractivity contribution in [3.8, 4) is 0 Å². The number of rotatable bonds is 7. The Bertz CT molecular complexity index is 923. The average molecular weight is 396 g/mol. The standard InChI is InChI=1S/C21H24N4O4/c1-23-20(26)19(22)14-10-9-13(12-17(14)25-18-8-4-5-11-29-18)24-16-7-3-2-6-15(16)21(27)28/h2-3,6-7,9-10,12,18,22,24-25H,4-5,8,11H2,1H3,(H,23,26)(H,27,28). The summed E-state index contributed by atoms with van der Waals surface area (Å²) in [7, 11) is 1.48. The number of carbonyl (C=O) groups excluding carboxylic acids is 1. The molecule has 152 valence electrons. The highest BCUT2D eigenvalue weighted by Crippen LogP contribution is 2.28. The van der Waals surface area contributed by atoms with Gasteiger partial charge in [-0.05, 0) is 49.6 Å². The monoisotopic (exact) mass is 396 g/mol. The molecular weight excluding hydrogens is 372 g/mol. The molecule has 1 aliphatic rings. The van der Waals surface area contributed by atoms with Crippen LogP contribution in [0.25, 0.3) is 0 Å². The van der Waals surface area contributed by atoms with E-state index in [9.17, 15) is 14.7 Å². The van der Waals surface area contributed by atoms with Crippen molar-refractivity contribution in [1.29, 1.82) is 5.41 Å². The molecule has 2 aromatic rings. The van der Waals surface area contributed by atoms with Gasteiger partial charge in [-0.3, -0.25) is 10.2 Å². The van der Waals surface area contributed by atoms with Crippen molar-refractivity contribution >= 4 is 34.7 Å². The van der Waals surface area contributed by atoms with Gasteiger partial charge in [0.2, 0.25) is 0 Å². The van der Waals surface area contributed by atoms with Crippen LogP contribution >= 0.6 is 0 Å². The highest BCUT2D eigenvalue weighted by atomic mass is 16.5. The summed E-state index contributed by atoms with van der Waals surface area (Å²) in [5.74, 6) is -1.52. The van der Waals surface area contributed by atoms with Gasteiger partial charge in [0.15, 0.2) is 0 Å². The summed E-state index contributed by atoms with van der Waals surface area (Å²) in [6.45, 7) is 0.657. The first-order valence-corrected chi connectivity index (χ1v) is 9.42. The van der Waals surface area contributed by atoms with Crippen molar-refractivity contribution < 1.29 is 19.4 Å². The van der Waals surface area contributed by atoms with Crippen LogP contribution in [0.15, 0.2) is 42.5 Å². The molecule has 1 saturated heterocycles. The second-order valence-corrected chi connectivity index (χ2v) is 6.69. The first-order valence-electron chi connectivity index (χ1n) is 9.42. The quantitative estimate of drug-likeness (QED) is 0.458. The fraction of sp³-hybridized carbons (Fsp3) is 0.286. The number of benzene rings is 2. The molecule has 8 nitrogen and oxygen atoms in total. The summed E-state index contributed by atoms with van der Waals surface area (Å²) in [5.41, 5.74) is 2.08. The van der Waals surface area contributed by atoms with E-state index in [2.05, 4.69) is 16.0 Å². The molecule has 3 rings (SSSR count). The Balaban J connectivity index is 1.93. The third-order valence-corrected chi connectivity index (χ3v) is 4.68. The highest BCUT2D eigenvalue weighted by molar-refractivity contribution is 6.45. The first-order chi connectivity index (χ1) is 14.0. The van der Waals surface area contributed by atoms with Gasteiger partial charge >= 0.3 is 5.97 Å². The van der Waals surface area contributed by atoms with Crippen LogP contribution in [0.4, 0.5) is 17.1 Å². The molecule has 1 amide bonds. The minimum absolute atomic E-state index is 0.153. The summed E-state index contributed by atoms with van der Waals surface area (Å²) < 4.78 is 5.73. The molecule has 0 radical (unpaired) electrons. The van der Waals surface area contributed by atoms with Gasteiger partial charge in [0.05, 0.1) is 11.3 Å². The number of carbonyl (C=O) groups is 2. The molecule has 0 aromatic heterocycles. The molecule has 8 heteroatoms. The molecule has 0 bridgehead atoms. The number of anilines is 3. The number of amides is 1. The Morgan fingerprint density at radius 3 is 2.59 bits per heavy atom. The predicted molar refractivity (Wildman–Crippen MR) is 111 cm³/mol. The van der Waals surface area contributed by atoms with Crippen LogP contribution in [-0.4, -0.2) is 42.6 Å². The van der Waals surface area contributed by atoms with Crippen molar-refractivity contribution in [3.63, 3.8) is 0 Å². The highest BCUT2D eigenvalue weighted by Gasteiger charge is 2.20. The topological polar surface area (TPSA) is 124 Å². The Morgan fingerprint density at radius 2 is 1.90 bits per heavy atom. The van der Waals surface area contributed by atoms with Crippen molar-refractivity contribution in [3.05, 3.63) is 53.6 Å². The Morgan fingerprint density at radius 1 is 1.10 bits per heavy atom. The largest absolute Gasteiger partial charge is 0.478 e. The van der Waals surface area contributed by atoms with Crippen LogP contribution in [-0.2, 0) is 9.53 Å². The van der Waals surface area contributed by atoms with Crippen molar-refractivity contribution in [2.24, 2.45) is 0 Å². The summed E-state index contributed by atoms with van der Waals surface area (Å²) in [5, 5.41) is 26.4. The maximum absolute atomic E-state index is 12.0. The lowest BCUT2D eigenvalue weighted by Gasteiger charge is -2.26. The van der Waals surface area contributed by atoms with Gasteiger partial charge in [-0.15, -0.1) is 0 Å². The van der Waals surface area contributed by atoms with Crippen LogP contribution in [0.5, 0.6) is 0 Å². The summed E-state index contributed by atoms with van der Waals surface area (Å²) >= 11 is 0. The fourth-order valence-corrected chi connectivity index (χ4v) is 3.17. The van der Waals surface area contributed by atoms with Crippen molar-refractivity contribution in [2.75, 3.05) is 24.3 Å². The summed E-state index contributed by atoms with van der Waals surface area (Å²) in [4.78, 5) is 23.4. The smallest absolute Gasteiger partial charge is 0.337 e. The van der Waals surface area contributed by atoms with Crippen LogP contribution in [0.1, 0.15) is 35.2 Å². The molecule has 2 aromatic carbocycles. The zero-order valence-corrected chi connectivity index (χ0v) is 16.1. The molecule has 1 heterocycles. The second-order valence-electron chi connectivity index (χ2n) is 6.69. The Kier molecular flexibility index (Phi) is 6.46. The van der Waals surface area contributed by atoms with Gasteiger partial charge in [0.1, 0.15) is 11.9 Å². The van der Waals surface area contributed by atoms with E-state index in [0.717, 1.165) is 19.3 Å². The summed E-state index contributed by atoms with van der Waals surface area (Å²) in [6.07, 6.45) is 2.66. The predicted octanol–water partition coefficient (Wildman–Crippen LogP) is 3.18. The maximum atomic E-state index is 12.0. The van der Waals surface area contributed by atoms with Gasteiger partial charge in [-0.25, -0.2) is 4.79 Å². The first kappa shape index (κ1) is 20.3. The van der Waals surface area contributed by atoms with E-state index in [1.54, 1.807) is 36.4 Å². The zero-order valence-electron chi connectivity index (χ0n) is 16.1. The number of nitrogens with one attached hydrogen (secondary N) is 4. The van der Waals surface area contributed by atoms with E-state index in [4.69, 9.17) is 10.1 Å². The minimum Gasteiger partial charge on any atom is -0.478 e. The molecule has 1 atom stereocenters. The van der Waals surface area contributed by atoms with Gasteiger partial charge in [0.25, 0.3) is 5.91 Å². The lowest BCUT2D eigenvalue weighted by atomic mass is 10.0. The Hall–Kier alpha value is -3.39. The van der Waals surface area contributed by atoms with E-state index in [-0.39, 0.29) is 17.5 Å². The number of hydrogen-bond donors (Lipinski definition) is 5. The third kappa shape index (κ3) is 4.91. The SMILES string of the molecule is CNC(=O)C(=N)c1ccc(Nc2ccccc2C(=O)O)cc1NC1CCCCO1. The lowest BCUT2D eigenvalue weighted by molar-refractivity contribution is -0.114. The van der Waals surface area contributed by atoms with E-state index < -0.39 is 11.9 Å². The second kappa shape index (κ2) is 9.20. The lowest BCUT2D eigenvalue weighted by Crippen LogP contribution is -2.31. The van der Waals surface area contributed by atoms with Crippen LogP contribution in [0, 0.1) is 5.41 Å². The molecule has 5 N–H and O–H groups in total. The Labute approximate surface area is 168 Å². The minimum atomic E-state index is -1.03. The van der Waals surface area contributed by atoms with Gasteiger partial charge in [0, 0.05) is 30.6 Å².